The average Bonchev–Trinajstić information content (AvgIpc) is 2.94. The van der Waals surface area contributed by atoms with E-state index >= 15 is 0 Å². The largest absolute Gasteiger partial charge is 0.407 e. The highest BCUT2D eigenvalue weighted by Gasteiger charge is 2.44. The standard InChI is InChI=1S/C31H29F5N4O3S/c1-30(2,33)16-27(29(41)39-24(18-38)15-23-5-4-19(17-37)14-26(23)32)40-28(31(34,35)36)22-8-6-20(7-9-22)21-10-12-25(13-11-21)44(3,42)43/h4-14,24,27-28,40H,15-16H2,1-3H3,(H,39,41)/t24-,27?,28+/m1/s1. The van der Waals surface area contributed by atoms with Gasteiger partial charge in [-0.3, -0.25) is 10.1 Å². The molecule has 2 N–H and O–H groups in total. The van der Waals surface area contributed by atoms with Crippen molar-refractivity contribution in [3.8, 4) is 23.3 Å². The van der Waals surface area contributed by atoms with Crippen LogP contribution < -0.4 is 10.6 Å². The van der Waals surface area contributed by atoms with Crippen LogP contribution in [-0.4, -0.2) is 44.5 Å². The molecule has 3 rings (SSSR count). The molecule has 232 valence electrons. The van der Waals surface area contributed by atoms with E-state index in [1.807, 2.05) is 0 Å². The van der Waals surface area contributed by atoms with Crippen molar-refractivity contribution in [1.29, 1.82) is 10.5 Å². The van der Waals surface area contributed by atoms with E-state index in [4.69, 9.17) is 5.26 Å². The Morgan fingerprint density at radius 3 is 1.95 bits per heavy atom. The van der Waals surface area contributed by atoms with Crippen molar-refractivity contribution in [2.75, 3.05) is 6.26 Å². The first-order chi connectivity index (χ1) is 20.4. The molecule has 3 aromatic rings. The van der Waals surface area contributed by atoms with E-state index in [0.29, 0.717) is 11.1 Å². The first kappa shape index (κ1) is 34.2. The van der Waals surface area contributed by atoms with Crippen molar-refractivity contribution in [2.45, 2.75) is 61.6 Å². The second-order valence-electron chi connectivity index (χ2n) is 10.8. The Morgan fingerprint density at radius 1 is 0.932 bits per heavy atom. The van der Waals surface area contributed by atoms with E-state index in [9.17, 15) is 40.4 Å². The summed E-state index contributed by atoms with van der Waals surface area (Å²) >= 11 is 0. The van der Waals surface area contributed by atoms with Crippen molar-refractivity contribution in [3.05, 3.63) is 89.2 Å². The topological polar surface area (TPSA) is 123 Å². The molecule has 1 amide bonds. The fourth-order valence-corrected chi connectivity index (χ4v) is 5.09. The lowest BCUT2D eigenvalue weighted by atomic mass is 9.96. The third-order valence-electron chi connectivity index (χ3n) is 6.64. The fraction of sp³-hybridized carbons (Fsp3) is 0.323. The van der Waals surface area contributed by atoms with Gasteiger partial charge in [0.05, 0.1) is 28.6 Å². The number of nitriles is 2. The van der Waals surface area contributed by atoms with Crippen molar-refractivity contribution in [2.24, 2.45) is 0 Å². The molecule has 44 heavy (non-hydrogen) atoms. The average molecular weight is 633 g/mol. The summed E-state index contributed by atoms with van der Waals surface area (Å²) in [7, 11) is -3.44. The van der Waals surface area contributed by atoms with Crippen LogP contribution in [-0.2, 0) is 21.1 Å². The highest BCUT2D eigenvalue weighted by Crippen LogP contribution is 2.35. The minimum absolute atomic E-state index is 0.00889. The van der Waals surface area contributed by atoms with Crippen molar-refractivity contribution < 1.29 is 35.2 Å². The van der Waals surface area contributed by atoms with Crippen molar-refractivity contribution in [1.82, 2.24) is 10.6 Å². The summed E-state index contributed by atoms with van der Waals surface area (Å²) in [6.45, 7) is 2.19. The molecule has 0 aliphatic carbocycles. The van der Waals surface area contributed by atoms with Gasteiger partial charge in [0, 0.05) is 19.1 Å². The second kappa shape index (κ2) is 13.5. The molecular weight excluding hydrogens is 603 g/mol. The van der Waals surface area contributed by atoms with Gasteiger partial charge in [-0.2, -0.15) is 23.7 Å². The number of halogens is 5. The Bertz CT molecular complexity index is 1670. The van der Waals surface area contributed by atoms with E-state index in [1.54, 1.807) is 12.1 Å². The molecule has 7 nitrogen and oxygen atoms in total. The molecule has 0 aliphatic rings. The molecule has 0 saturated heterocycles. The molecule has 0 aromatic heterocycles. The third kappa shape index (κ3) is 9.33. The highest BCUT2D eigenvalue weighted by atomic mass is 32.2. The SMILES string of the molecule is CC(C)(F)CC(N[C@@H](c1ccc(-c2ccc(S(C)(=O)=O)cc2)cc1)C(F)(F)F)C(=O)N[C@@H](C#N)Cc1ccc(C#N)cc1F. The quantitative estimate of drug-likeness (QED) is 0.261. The van der Waals surface area contributed by atoms with Crippen LogP contribution in [0.4, 0.5) is 22.0 Å². The van der Waals surface area contributed by atoms with E-state index < -0.39 is 58.0 Å². The molecule has 0 radical (unpaired) electrons. The van der Waals surface area contributed by atoms with Crippen LogP contribution in [0, 0.1) is 28.5 Å². The number of rotatable bonds is 11. The second-order valence-corrected chi connectivity index (χ2v) is 12.9. The summed E-state index contributed by atoms with van der Waals surface area (Å²) in [4.78, 5) is 13.2. The zero-order valence-electron chi connectivity index (χ0n) is 23.9. The Hall–Kier alpha value is -4.33. The lowest BCUT2D eigenvalue weighted by molar-refractivity contribution is -0.161. The lowest BCUT2D eigenvalue weighted by Crippen LogP contribution is -2.53. The van der Waals surface area contributed by atoms with E-state index in [2.05, 4.69) is 10.6 Å². The molecule has 0 spiro atoms. The highest BCUT2D eigenvalue weighted by molar-refractivity contribution is 7.90. The predicted molar refractivity (Wildman–Crippen MR) is 153 cm³/mol. The molecule has 13 heteroatoms. The molecule has 0 saturated carbocycles. The summed E-state index contributed by atoms with van der Waals surface area (Å²) in [6.07, 6.45) is -4.90. The van der Waals surface area contributed by atoms with Crippen LogP contribution in [0.2, 0.25) is 0 Å². The summed E-state index contributed by atoms with van der Waals surface area (Å²) < 4.78 is 95.4. The number of alkyl halides is 4. The third-order valence-corrected chi connectivity index (χ3v) is 7.77. The Morgan fingerprint density at radius 2 is 1.50 bits per heavy atom. The van der Waals surface area contributed by atoms with Crippen molar-refractivity contribution in [3.63, 3.8) is 0 Å². The summed E-state index contributed by atoms with van der Waals surface area (Å²) in [6, 6.07) is 12.5. The normalized spacial score (nSPS) is 14.1. The van der Waals surface area contributed by atoms with Gasteiger partial charge in [-0.1, -0.05) is 42.5 Å². The summed E-state index contributed by atoms with van der Waals surface area (Å²) in [5.41, 5.74) is -1.28. The predicted octanol–water partition coefficient (Wildman–Crippen LogP) is 5.72. The maximum atomic E-state index is 14.7. The maximum absolute atomic E-state index is 14.7. The number of carbonyl (C=O) groups excluding carboxylic acids is 1. The van der Waals surface area contributed by atoms with Gasteiger partial charge in [0.2, 0.25) is 5.91 Å². The molecule has 3 atom stereocenters. The minimum Gasteiger partial charge on any atom is -0.339 e. The zero-order valence-corrected chi connectivity index (χ0v) is 24.7. The maximum Gasteiger partial charge on any atom is 0.407 e. The Labute approximate surface area is 252 Å². The Balaban J connectivity index is 1.85. The molecule has 0 fully saturated rings. The smallest absolute Gasteiger partial charge is 0.339 e. The van der Waals surface area contributed by atoms with Crippen LogP contribution in [0.25, 0.3) is 11.1 Å². The van der Waals surface area contributed by atoms with Crippen LogP contribution in [0.1, 0.15) is 43.0 Å². The number of carbonyl (C=O) groups is 1. The van der Waals surface area contributed by atoms with Gasteiger partial charge in [-0.05, 0) is 60.4 Å². The summed E-state index contributed by atoms with van der Waals surface area (Å²) in [5.74, 6) is -1.89. The van der Waals surface area contributed by atoms with E-state index in [0.717, 1.165) is 26.2 Å². The number of benzene rings is 3. The number of nitrogens with zero attached hydrogens (tertiary/aromatic N) is 2. The van der Waals surface area contributed by atoms with Gasteiger partial charge in [0.15, 0.2) is 9.84 Å². The molecule has 0 bridgehead atoms. The lowest BCUT2D eigenvalue weighted by Gasteiger charge is -2.30. The first-order valence-electron chi connectivity index (χ1n) is 13.2. The first-order valence-corrected chi connectivity index (χ1v) is 15.1. The van der Waals surface area contributed by atoms with Gasteiger partial charge in [-0.15, -0.1) is 0 Å². The van der Waals surface area contributed by atoms with Crippen LogP contribution in [0.3, 0.4) is 0 Å². The monoisotopic (exact) mass is 632 g/mol. The molecular formula is C31H29F5N4O3S. The molecule has 3 aromatic carbocycles. The molecule has 1 unspecified atom stereocenters. The van der Waals surface area contributed by atoms with Gasteiger partial charge in [0.1, 0.15) is 23.6 Å². The molecule has 0 aliphatic heterocycles. The number of hydrogen-bond acceptors (Lipinski definition) is 6. The Kier molecular flexibility index (Phi) is 10.5. The van der Waals surface area contributed by atoms with Gasteiger partial charge in [0.25, 0.3) is 0 Å². The number of hydrogen-bond donors (Lipinski definition) is 2. The number of sulfone groups is 1. The van der Waals surface area contributed by atoms with E-state index in [-0.39, 0.29) is 28.0 Å². The van der Waals surface area contributed by atoms with Gasteiger partial charge < -0.3 is 5.32 Å². The molecule has 0 heterocycles. The van der Waals surface area contributed by atoms with E-state index in [1.165, 1.54) is 60.7 Å². The fourth-order valence-electron chi connectivity index (χ4n) is 4.46. The zero-order chi connectivity index (χ0) is 32.9. The minimum atomic E-state index is -4.92. The number of amides is 1. The van der Waals surface area contributed by atoms with Crippen LogP contribution >= 0.6 is 0 Å². The van der Waals surface area contributed by atoms with Crippen LogP contribution in [0.5, 0.6) is 0 Å². The van der Waals surface area contributed by atoms with Crippen molar-refractivity contribution >= 4 is 15.7 Å². The van der Waals surface area contributed by atoms with Gasteiger partial charge >= 0.3 is 6.18 Å². The van der Waals surface area contributed by atoms with Crippen LogP contribution in [0.15, 0.2) is 71.6 Å². The van der Waals surface area contributed by atoms with Gasteiger partial charge in [-0.25, -0.2) is 17.2 Å². The summed E-state index contributed by atoms with van der Waals surface area (Å²) in [5, 5.41) is 22.9. The number of nitrogens with one attached hydrogen (secondary N) is 2.